The number of carbonyl (C=O) groups excluding carboxylic acids is 1. The number of ether oxygens (including phenoxy) is 1. The molecular weight excluding hydrogens is 373 g/mol. The van der Waals surface area contributed by atoms with Crippen LogP contribution in [0.15, 0.2) is 29.3 Å². The number of amides is 1. The lowest BCUT2D eigenvalue weighted by atomic mass is 10.1. The van der Waals surface area contributed by atoms with Gasteiger partial charge in [-0.15, -0.1) is 0 Å². The van der Waals surface area contributed by atoms with E-state index in [0.717, 1.165) is 31.2 Å². The van der Waals surface area contributed by atoms with E-state index in [1.807, 2.05) is 24.0 Å². The Hall–Kier alpha value is -2.29. The lowest BCUT2D eigenvalue weighted by molar-refractivity contribution is -0.176. The molecule has 1 aliphatic heterocycles. The van der Waals surface area contributed by atoms with Crippen LogP contribution in [-0.2, 0) is 22.7 Å². The summed E-state index contributed by atoms with van der Waals surface area (Å²) in [5.74, 6) is 0.879. The van der Waals surface area contributed by atoms with Crippen molar-refractivity contribution in [1.82, 2.24) is 15.1 Å². The Balaban J connectivity index is 1.89. The molecule has 0 aliphatic carbocycles. The van der Waals surface area contributed by atoms with Crippen molar-refractivity contribution in [2.24, 2.45) is 4.99 Å². The van der Waals surface area contributed by atoms with Gasteiger partial charge in [-0.1, -0.05) is 24.3 Å². The zero-order valence-corrected chi connectivity index (χ0v) is 16.3. The highest BCUT2D eigenvalue weighted by molar-refractivity contribution is 5.80. The number of aliphatic imine (C=N–C) groups is 1. The summed E-state index contributed by atoms with van der Waals surface area (Å²) < 4.78 is 41.0. The van der Waals surface area contributed by atoms with Gasteiger partial charge in [0.25, 0.3) is 0 Å². The number of benzene rings is 1. The fourth-order valence-corrected chi connectivity index (χ4v) is 2.85. The fraction of sp³-hybridized carbons (Fsp3) is 0.579. The van der Waals surface area contributed by atoms with E-state index in [1.54, 1.807) is 19.1 Å². The minimum absolute atomic E-state index is 0.0773. The van der Waals surface area contributed by atoms with E-state index in [-0.39, 0.29) is 12.5 Å². The average molecular weight is 400 g/mol. The molecule has 0 spiro atoms. The van der Waals surface area contributed by atoms with Crippen LogP contribution in [0.3, 0.4) is 0 Å². The lowest BCUT2D eigenvalue weighted by Crippen LogP contribution is -2.53. The van der Waals surface area contributed by atoms with Crippen molar-refractivity contribution < 1.29 is 22.7 Å². The minimum Gasteiger partial charge on any atom is -0.367 e. The molecule has 1 fully saturated rings. The Bertz CT molecular complexity index is 654. The summed E-state index contributed by atoms with van der Waals surface area (Å²) in [7, 11) is 0. The second-order valence-electron chi connectivity index (χ2n) is 6.59. The first-order valence-corrected chi connectivity index (χ1v) is 9.29. The summed E-state index contributed by atoms with van der Waals surface area (Å²) in [5, 5.41) is 3.27. The number of halogens is 3. The first kappa shape index (κ1) is 22.0. The van der Waals surface area contributed by atoms with Gasteiger partial charge >= 0.3 is 6.18 Å². The van der Waals surface area contributed by atoms with Crippen LogP contribution in [0.1, 0.15) is 25.0 Å². The first-order valence-electron chi connectivity index (χ1n) is 9.29. The van der Waals surface area contributed by atoms with Crippen molar-refractivity contribution in [2.75, 3.05) is 39.3 Å². The second-order valence-corrected chi connectivity index (χ2v) is 6.59. The molecule has 0 radical (unpaired) electrons. The van der Waals surface area contributed by atoms with E-state index in [1.165, 1.54) is 0 Å². The summed E-state index contributed by atoms with van der Waals surface area (Å²) in [6.45, 7) is 6.23. The SMILES string of the molecule is CCNC(=NCc1ccc(COCC(F)(F)F)cc1)N1CCN(C(C)=O)CC1. The maximum Gasteiger partial charge on any atom is 0.411 e. The van der Waals surface area contributed by atoms with Crippen LogP contribution in [0, 0.1) is 0 Å². The number of nitrogens with zero attached hydrogens (tertiary/aromatic N) is 3. The molecule has 0 unspecified atom stereocenters. The number of guanidine groups is 1. The van der Waals surface area contributed by atoms with E-state index in [4.69, 9.17) is 0 Å². The molecule has 0 aromatic heterocycles. The molecule has 1 aromatic rings. The van der Waals surface area contributed by atoms with Gasteiger partial charge in [0.15, 0.2) is 5.96 Å². The Kier molecular flexibility index (Phi) is 8.10. The molecule has 1 heterocycles. The topological polar surface area (TPSA) is 57.2 Å². The number of alkyl halides is 3. The molecule has 1 amide bonds. The monoisotopic (exact) mass is 400 g/mol. The standard InChI is InChI=1S/C19H27F3N4O2/c1-3-23-18(26-10-8-25(9-11-26)15(2)27)24-12-16-4-6-17(7-5-16)13-28-14-19(20,21)22/h4-7H,3,8-14H2,1-2H3,(H,23,24). The van der Waals surface area contributed by atoms with Gasteiger partial charge in [0.2, 0.25) is 5.91 Å². The van der Waals surface area contributed by atoms with Crippen molar-refractivity contribution in [2.45, 2.75) is 33.2 Å². The quantitative estimate of drug-likeness (QED) is 0.589. The van der Waals surface area contributed by atoms with Crippen LogP contribution in [0.2, 0.25) is 0 Å². The molecule has 6 nitrogen and oxygen atoms in total. The van der Waals surface area contributed by atoms with E-state index in [0.29, 0.717) is 25.2 Å². The number of rotatable bonds is 6. The number of carbonyl (C=O) groups is 1. The van der Waals surface area contributed by atoms with Gasteiger partial charge in [0.1, 0.15) is 6.61 Å². The average Bonchev–Trinajstić information content (AvgIpc) is 2.65. The molecule has 1 N–H and O–H groups in total. The number of hydrogen-bond donors (Lipinski definition) is 1. The van der Waals surface area contributed by atoms with Crippen molar-refractivity contribution in [3.63, 3.8) is 0 Å². The summed E-state index contributed by atoms with van der Waals surface area (Å²) in [6.07, 6.45) is -4.31. The molecule has 0 bridgehead atoms. The molecule has 0 saturated carbocycles. The third-order valence-electron chi connectivity index (χ3n) is 4.33. The van der Waals surface area contributed by atoms with Crippen LogP contribution >= 0.6 is 0 Å². The van der Waals surface area contributed by atoms with Gasteiger partial charge in [-0.05, 0) is 18.1 Å². The molecule has 9 heteroatoms. The Morgan fingerprint density at radius 1 is 1.11 bits per heavy atom. The van der Waals surface area contributed by atoms with Crippen LogP contribution in [0.4, 0.5) is 13.2 Å². The number of hydrogen-bond acceptors (Lipinski definition) is 3. The molecular formula is C19H27F3N4O2. The zero-order chi connectivity index (χ0) is 20.6. The van der Waals surface area contributed by atoms with Crippen LogP contribution in [-0.4, -0.2) is 67.2 Å². The zero-order valence-electron chi connectivity index (χ0n) is 16.3. The molecule has 1 aliphatic rings. The Morgan fingerprint density at radius 2 is 1.68 bits per heavy atom. The summed E-state index contributed by atoms with van der Waals surface area (Å²) >= 11 is 0. The largest absolute Gasteiger partial charge is 0.411 e. The number of nitrogens with one attached hydrogen (secondary N) is 1. The van der Waals surface area contributed by atoms with Crippen LogP contribution < -0.4 is 5.32 Å². The molecule has 28 heavy (non-hydrogen) atoms. The minimum atomic E-state index is -4.31. The molecule has 156 valence electrons. The van der Waals surface area contributed by atoms with Gasteiger partial charge in [-0.25, -0.2) is 4.99 Å². The highest BCUT2D eigenvalue weighted by Gasteiger charge is 2.27. The van der Waals surface area contributed by atoms with Crippen LogP contribution in [0.5, 0.6) is 0 Å². The van der Waals surface area contributed by atoms with E-state index in [9.17, 15) is 18.0 Å². The van der Waals surface area contributed by atoms with Gasteiger partial charge in [-0.2, -0.15) is 13.2 Å². The van der Waals surface area contributed by atoms with E-state index < -0.39 is 12.8 Å². The third-order valence-corrected chi connectivity index (χ3v) is 4.33. The van der Waals surface area contributed by atoms with Gasteiger partial charge in [0.05, 0.1) is 13.2 Å². The van der Waals surface area contributed by atoms with Crippen LogP contribution in [0.25, 0.3) is 0 Å². The van der Waals surface area contributed by atoms with Gasteiger partial charge in [0, 0.05) is 39.6 Å². The molecule has 1 saturated heterocycles. The van der Waals surface area contributed by atoms with Crippen molar-refractivity contribution in [3.05, 3.63) is 35.4 Å². The highest BCUT2D eigenvalue weighted by atomic mass is 19.4. The predicted octanol–water partition coefficient (Wildman–Crippen LogP) is 2.40. The smallest absolute Gasteiger partial charge is 0.367 e. The second kappa shape index (κ2) is 10.3. The van der Waals surface area contributed by atoms with Gasteiger partial charge < -0.3 is 19.9 Å². The summed E-state index contributed by atoms with van der Waals surface area (Å²) in [6, 6.07) is 7.18. The van der Waals surface area contributed by atoms with E-state index >= 15 is 0 Å². The molecule has 1 aromatic carbocycles. The maximum absolute atomic E-state index is 12.1. The first-order chi connectivity index (χ1) is 13.3. The van der Waals surface area contributed by atoms with Gasteiger partial charge in [-0.3, -0.25) is 4.79 Å². The maximum atomic E-state index is 12.1. The Labute approximate surface area is 163 Å². The molecule has 0 atom stereocenters. The lowest BCUT2D eigenvalue weighted by Gasteiger charge is -2.36. The fourth-order valence-electron chi connectivity index (χ4n) is 2.85. The Morgan fingerprint density at radius 3 is 2.21 bits per heavy atom. The highest BCUT2D eigenvalue weighted by Crippen LogP contribution is 2.16. The number of piperazine rings is 1. The normalized spacial score (nSPS) is 15.7. The van der Waals surface area contributed by atoms with Crippen molar-refractivity contribution in [1.29, 1.82) is 0 Å². The summed E-state index contributed by atoms with van der Waals surface area (Å²) in [5.41, 5.74) is 1.64. The van der Waals surface area contributed by atoms with E-state index in [2.05, 4.69) is 19.9 Å². The summed E-state index contributed by atoms with van der Waals surface area (Å²) in [4.78, 5) is 20.0. The predicted molar refractivity (Wildman–Crippen MR) is 101 cm³/mol. The van der Waals surface area contributed by atoms with Crippen molar-refractivity contribution in [3.8, 4) is 0 Å². The third kappa shape index (κ3) is 7.38. The molecule has 2 rings (SSSR count). The van der Waals surface area contributed by atoms with Crippen molar-refractivity contribution >= 4 is 11.9 Å².